The van der Waals surface area contributed by atoms with Gasteiger partial charge in [0.25, 0.3) is 0 Å². The van der Waals surface area contributed by atoms with E-state index in [1.165, 1.54) is 6.07 Å². The second kappa shape index (κ2) is 13.5. The minimum atomic E-state index is -0.531. The molecule has 2 aromatic carbocycles. The summed E-state index contributed by atoms with van der Waals surface area (Å²) in [6, 6.07) is 9.67. The van der Waals surface area contributed by atoms with E-state index in [9.17, 15) is 14.0 Å². The molecule has 0 aromatic heterocycles. The molecule has 0 aliphatic carbocycles. The van der Waals surface area contributed by atoms with Crippen molar-refractivity contribution in [1.82, 2.24) is 4.90 Å². The van der Waals surface area contributed by atoms with Crippen molar-refractivity contribution in [3.63, 3.8) is 0 Å². The molecule has 37 heavy (non-hydrogen) atoms. The Labute approximate surface area is 215 Å². The highest BCUT2D eigenvalue weighted by molar-refractivity contribution is 6.03. The van der Waals surface area contributed by atoms with Gasteiger partial charge in [-0.25, -0.2) is 9.38 Å². The predicted octanol–water partition coefficient (Wildman–Crippen LogP) is 2.11. The van der Waals surface area contributed by atoms with Gasteiger partial charge in [-0.1, -0.05) is 6.58 Å². The zero-order valence-electron chi connectivity index (χ0n) is 21.4. The lowest BCUT2D eigenvalue weighted by atomic mass is 10.2. The molecule has 10 heteroatoms. The number of halogens is 1. The van der Waals surface area contributed by atoms with Crippen LogP contribution < -0.4 is 25.8 Å². The van der Waals surface area contributed by atoms with Crippen LogP contribution >= 0.6 is 0 Å². The zero-order chi connectivity index (χ0) is 26.8. The first-order chi connectivity index (χ1) is 17.8. The van der Waals surface area contributed by atoms with Gasteiger partial charge in [-0.05, 0) is 49.4 Å². The van der Waals surface area contributed by atoms with Crippen LogP contribution in [0, 0.1) is 5.82 Å². The van der Waals surface area contributed by atoms with Crippen LogP contribution in [0.1, 0.15) is 20.3 Å². The van der Waals surface area contributed by atoms with Crippen molar-refractivity contribution in [2.75, 3.05) is 50.7 Å². The molecule has 0 spiro atoms. The van der Waals surface area contributed by atoms with Crippen molar-refractivity contribution in [2.45, 2.75) is 26.3 Å². The smallest absolute Gasteiger partial charge is 0.233 e. The number of aliphatic imine (C=N–C) groups is 1. The molecule has 1 saturated heterocycles. The number of methoxy groups -OCH3 is 1. The molecule has 1 heterocycles. The molecule has 1 aliphatic heterocycles. The second-order valence-corrected chi connectivity index (χ2v) is 8.45. The van der Waals surface area contributed by atoms with E-state index in [4.69, 9.17) is 14.2 Å². The fourth-order valence-corrected chi connectivity index (χ4v) is 3.83. The highest BCUT2D eigenvalue weighted by Crippen LogP contribution is 2.17. The summed E-state index contributed by atoms with van der Waals surface area (Å²) in [5.74, 6) is -0.537. The van der Waals surface area contributed by atoms with Crippen molar-refractivity contribution < 1.29 is 28.2 Å². The number of amides is 2. The summed E-state index contributed by atoms with van der Waals surface area (Å²) in [7, 11) is 1.56. The Kier molecular flexibility index (Phi) is 10.2. The maximum atomic E-state index is 15.0. The average molecular weight is 513 g/mol. The first-order valence-corrected chi connectivity index (χ1v) is 12.0. The third-order valence-electron chi connectivity index (χ3n) is 5.63. The van der Waals surface area contributed by atoms with Crippen LogP contribution in [0.15, 0.2) is 41.4 Å². The monoisotopic (exact) mass is 512 g/mol. The number of carbonyl (C=O) groups excluding carboxylic acids is 2. The zero-order valence-corrected chi connectivity index (χ0v) is 21.4. The lowest BCUT2D eigenvalue weighted by Crippen LogP contribution is -2.47. The number of nitrogens with one attached hydrogen (secondary N) is 2. The fraction of sp³-hybridized carbons (Fsp3) is 0.370. The summed E-state index contributed by atoms with van der Waals surface area (Å²) in [5.41, 5.74) is 1.15. The lowest BCUT2D eigenvalue weighted by molar-refractivity contribution is -0.141. The Morgan fingerprint density at radius 3 is 2.54 bits per heavy atom. The van der Waals surface area contributed by atoms with Crippen LogP contribution in [-0.4, -0.2) is 69.1 Å². The molecule has 1 unspecified atom stereocenters. The number of anilines is 2. The number of carbonyl (C=O) groups is 2. The van der Waals surface area contributed by atoms with Crippen molar-refractivity contribution in [2.24, 2.45) is 4.99 Å². The van der Waals surface area contributed by atoms with E-state index in [-0.39, 0.29) is 29.4 Å². The number of nitrogens with zero attached hydrogens (tertiary/aromatic N) is 2. The van der Waals surface area contributed by atoms with Gasteiger partial charge in [-0.15, -0.1) is 0 Å². The lowest BCUT2D eigenvalue weighted by Gasteiger charge is -2.33. The van der Waals surface area contributed by atoms with E-state index in [0.29, 0.717) is 55.3 Å². The summed E-state index contributed by atoms with van der Waals surface area (Å²) in [5, 5.41) is 6.46. The molecule has 1 atom stereocenters. The molecule has 9 nitrogen and oxygen atoms in total. The van der Waals surface area contributed by atoms with Crippen molar-refractivity contribution in [3.05, 3.63) is 52.7 Å². The van der Waals surface area contributed by atoms with E-state index < -0.39 is 11.7 Å². The molecule has 0 radical (unpaired) electrons. The van der Waals surface area contributed by atoms with E-state index in [0.717, 1.165) is 0 Å². The number of morpholine rings is 1. The quantitative estimate of drug-likeness (QED) is 0.287. The number of ether oxygens (including phenoxy) is 3. The van der Waals surface area contributed by atoms with Crippen LogP contribution in [0.3, 0.4) is 0 Å². The van der Waals surface area contributed by atoms with Gasteiger partial charge >= 0.3 is 0 Å². The highest BCUT2D eigenvalue weighted by atomic mass is 19.1. The van der Waals surface area contributed by atoms with Crippen LogP contribution in [-0.2, 0) is 19.1 Å². The van der Waals surface area contributed by atoms with Crippen LogP contribution in [0.25, 0.3) is 12.4 Å². The Hall–Kier alpha value is -3.76. The molecule has 3 rings (SSSR count). The summed E-state index contributed by atoms with van der Waals surface area (Å²) in [6.45, 7) is 9.66. The summed E-state index contributed by atoms with van der Waals surface area (Å²) < 4.78 is 30.8. The van der Waals surface area contributed by atoms with Gasteiger partial charge in [0.15, 0.2) is 0 Å². The van der Waals surface area contributed by atoms with Crippen LogP contribution in [0.4, 0.5) is 15.8 Å². The summed E-state index contributed by atoms with van der Waals surface area (Å²) in [4.78, 5) is 30.8. The fourth-order valence-electron chi connectivity index (χ4n) is 3.83. The first kappa shape index (κ1) is 27.8. The Morgan fingerprint density at radius 1 is 1.22 bits per heavy atom. The molecule has 1 fully saturated rings. The van der Waals surface area contributed by atoms with Gasteiger partial charge in [-0.2, -0.15) is 0 Å². The third kappa shape index (κ3) is 7.86. The van der Waals surface area contributed by atoms with Gasteiger partial charge in [0.1, 0.15) is 30.4 Å². The Bertz CT molecular complexity index is 1230. The highest BCUT2D eigenvalue weighted by Gasteiger charge is 2.25. The van der Waals surface area contributed by atoms with Gasteiger partial charge in [0, 0.05) is 37.3 Å². The molecule has 0 saturated carbocycles. The number of rotatable bonds is 10. The second-order valence-electron chi connectivity index (χ2n) is 8.45. The van der Waals surface area contributed by atoms with Crippen LogP contribution in [0.5, 0.6) is 5.75 Å². The third-order valence-corrected chi connectivity index (χ3v) is 5.63. The van der Waals surface area contributed by atoms with Crippen LogP contribution in [0.2, 0.25) is 0 Å². The summed E-state index contributed by atoms with van der Waals surface area (Å²) in [6.07, 6.45) is 1.30. The Balaban J connectivity index is 1.70. The van der Waals surface area contributed by atoms with Gasteiger partial charge in [0.2, 0.25) is 11.8 Å². The molecular formula is C27H33FN4O5. The molecule has 2 aromatic rings. The maximum Gasteiger partial charge on any atom is 0.233 e. The summed E-state index contributed by atoms with van der Waals surface area (Å²) >= 11 is 0. The number of benzene rings is 2. The Morgan fingerprint density at radius 2 is 1.92 bits per heavy atom. The molecule has 0 bridgehead atoms. The predicted molar refractivity (Wildman–Crippen MR) is 141 cm³/mol. The van der Waals surface area contributed by atoms with Crippen molar-refractivity contribution in [1.29, 1.82) is 0 Å². The molecular weight excluding hydrogens is 479 g/mol. The van der Waals surface area contributed by atoms with Crippen molar-refractivity contribution in [3.8, 4) is 5.75 Å². The average Bonchev–Trinajstić information content (AvgIpc) is 2.85. The minimum Gasteiger partial charge on any atom is -0.491 e. The molecule has 2 amide bonds. The molecule has 1 aliphatic rings. The maximum absolute atomic E-state index is 15.0. The van der Waals surface area contributed by atoms with Gasteiger partial charge in [0.05, 0.1) is 31.1 Å². The van der Waals surface area contributed by atoms with E-state index >= 15 is 0 Å². The standard InChI is InChI=1S/C27H33FN4O5/c1-5-29-27(26-18(2)14-22(15-23(26)28)37-13-12-35-4)31-21-8-6-20(7-9-21)30-24(33)16-25(34)32-10-11-36-17-19(32)3/h5-9,14-15,19,31H,2,10-13,16-17H2,1,3-4H3,(H,30,33)/b27-26-,29-5-. The largest absolute Gasteiger partial charge is 0.491 e. The molecule has 198 valence electrons. The molecule has 2 N–H and O–H groups in total. The number of hydrogen-bond acceptors (Lipinski definition) is 7. The topological polar surface area (TPSA) is 101 Å². The van der Waals surface area contributed by atoms with E-state index in [1.807, 2.05) is 6.92 Å². The number of hydrogen-bond donors (Lipinski definition) is 2. The van der Waals surface area contributed by atoms with E-state index in [1.54, 1.807) is 55.5 Å². The van der Waals surface area contributed by atoms with Crippen molar-refractivity contribution >= 4 is 41.8 Å². The van der Waals surface area contributed by atoms with E-state index in [2.05, 4.69) is 22.2 Å². The SMILES string of the molecule is C=c1cc(OCCOC)cc(F)/c1=C(/N=C\C)Nc1ccc(NC(=O)CC(=O)N2CCOCC2C)cc1. The minimum absolute atomic E-state index is 0.0568. The van der Waals surface area contributed by atoms with Gasteiger partial charge < -0.3 is 29.7 Å². The first-order valence-electron chi connectivity index (χ1n) is 12.0. The normalized spacial score (nSPS) is 16.4. The van der Waals surface area contributed by atoms with Gasteiger partial charge in [-0.3, -0.25) is 9.59 Å².